The number of nitrogens with zero attached hydrogens (tertiary/aromatic N) is 2. The zero-order chi connectivity index (χ0) is 11.2. The first-order valence-corrected chi connectivity index (χ1v) is 6.48. The Hall–Kier alpha value is -0.310. The molecule has 0 aliphatic carbocycles. The van der Waals surface area contributed by atoms with Gasteiger partial charge in [-0.25, -0.2) is 12.7 Å². The van der Waals surface area contributed by atoms with Gasteiger partial charge in [0, 0.05) is 19.0 Å². The van der Waals surface area contributed by atoms with Gasteiger partial charge in [-0.3, -0.25) is 0 Å². The number of halogens is 1. The Labute approximate surface area is 90.5 Å². The lowest BCUT2D eigenvalue weighted by Gasteiger charge is -2.21. The Bertz CT molecular complexity index is 297. The van der Waals surface area contributed by atoms with E-state index in [2.05, 4.69) is 0 Å². The van der Waals surface area contributed by atoms with Crippen LogP contribution in [-0.2, 0) is 10.0 Å². The Morgan fingerprint density at radius 3 is 2.57 bits per heavy atom. The molecule has 0 aromatic carbocycles. The molecule has 14 heavy (non-hydrogen) atoms. The number of sulfonamides is 1. The van der Waals surface area contributed by atoms with Crippen molar-refractivity contribution in [3.8, 4) is 6.07 Å². The van der Waals surface area contributed by atoms with Gasteiger partial charge in [0.25, 0.3) is 0 Å². The first-order valence-electron chi connectivity index (χ1n) is 4.34. The van der Waals surface area contributed by atoms with Crippen LogP contribution >= 0.6 is 11.6 Å². The lowest BCUT2D eigenvalue weighted by atomic mass is 10.3. The molecule has 0 aromatic heterocycles. The largest absolute Gasteiger partial charge is 0.214 e. The summed E-state index contributed by atoms with van der Waals surface area (Å²) in [4.78, 5) is 0. The maximum Gasteiger partial charge on any atom is 0.214 e. The van der Waals surface area contributed by atoms with Crippen LogP contribution in [0.25, 0.3) is 0 Å². The minimum atomic E-state index is -3.25. The van der Waals surface area contributed by atoms with Crippen LogP contribution in [-0.4, -0.2) is 37.4 Å². The molecular formula is C8H15ClN2O2S. The number of alkyl halides is 1. The average molecular weight is 239 g/mol. The third-order valence-corrected chi connectivity index (χ3v) is 4.29. The van der Waals surface area contributed by atoms with Crippen LogP contribution in [0.1, 0.15) is 19.8 Å². The standard InChI is InChI=1S/C8H15ClN2O2S/c1-8(4-6-10)11(2)14(12,13)7-3-5-9/h8H,3-5,7H2,1-2H3. The number of hydrogen-bond acceptors (Lipinski definition) is 3. The first kappa shape index (κ1) is 13.7. The zero-order valence-corrected chi connectivity index (χ0v) is 9.98. The van der Waals surface area contributed by atoms with Crippen molar-refractivity contribution >= 4 is 21.6 Å². The Morgan fingerprint density at radius 2 is 2.14 bits per heavy atom. The van der Waals surface area contributed by atoms with Crippen LogP contribution < -0.4 is 0 Å². The molecule has 0 saturated heterocycles. The molecule has 0 spiro atoms. The third-order valence-electron chi connectivity index (χ3n) is 1.98. The number of hydrogen-bond donors (Lipinski definition) is 0. The normalized spacial score (nSPS) is 13.9. The van der Waals surface area contributed by atoms with E-state index in [1.807, 2.05) is 6.07 Å². The van der Waals surface area contributed by atoms with E-state index in [1.165, 1.54) is 11.4 Å². The highest BCUT2D eigenvalue weighted by Crippen LogP contribution is 2.08. The molecule has 0 aromatic rings. The van der Waals surface area contributed by atoms with Crippen molar-refractivity contribution < 1.29 is 8.42 Å². The van der Waals surface area contributed by atoms with Crippen LogP contribution in [0.15, 0.2) is 0 Å². The second-order valence-electron chi connectivity index (χ2n) is 3.09. The van der Waals surface area contributed by atoms with E-state index in [0.29, 0.717) is 12.3 Å². The summed E-state index contributed by atoms with van der Waals surface area (Å²) < 4.78 is 24.4. The molecule has 0 heterocycles. The van der Waals surface area contributed by atoms with E-state index >= 15 is 0 Å². The molecular weight excluding hydrogens is 224 g/mol. The van der Waals surface area contributed by atoms with Crippen molar-refractivity contribution in [2.45, 2.75) is 25.8 Å². The fourth-order valence-corrected chi connectivity index (χ4v) is 2.63. The molecule has 0 saturated carbocycles. The van der Waals surface area contributed by atoms with Gasteiger partial charge in [0.1, 0.15) is 0 Å². The molecule has 0 radical (unpaired) electrons. The smallest absolute Gasteiger partial charge is 0.212 e. The summed E-state index contributed by atoms with van der Waals surface area (Å²) >= 11 is 5.42. The predicted molar refractivity (Wildman–Crippen MR) is 56.6 cm³/mol. The van der Waals surface area contributed by atoms with Gasteiger partial charge >= 0.3 is 0 Å². The van der Waals surface area contributed by atoms with Crippen molar-refractivity contribution in [3.05, 3.63) is 0 Å². The summed E-state index contributed by atoms with van der Waals surface area (Å²) in [7, 11) is -1.75. The Balaban J connectivity index is 4.36. The molecule has 1 unspecified atom stereocenters. The van der Waals surface area contributed by atoms with Gasteiger partial charge < -0.3 is 0 Å². The first-order chi connectivity index (χ1) is 6.45. The fraction of sp³-hybridized carbons (Fsp3) is 0.875. The second-order valence-corrected chi connectivity index (χ2v) is 5.61. The lowest BCUT2D eigenvalue weighted by Crippen LogP contribution is -2.36. The van der Waals surface area contributed by atoms with E-state index in [4.69, 9.17) is 16.9 Å². The Morgan fingerprint density at radius 1 is 1.57 bits per heavy atom. The third kappa shape index (κ3) is 4.27. The van der Waals surface area contributed by atoms with Gasteiger partial charge in [0.15, 0.2) is 0 Å². The molecule has 0 aliphatic heterocycles. The van der Waals surface area contributed by atoms with E-state index in [9.17, 15) is 8.42 Å². The van der Waals surface area contributed by atoms with Crippen LogP contribution in [0.4, 0.5) is 0 Å². The minimum absolute atomic E-state index is 0.0444. The summed E-state index contributed by atoms with van der Waals surface area (Å²) in [6, 6.07) is 1.67. The Kier molecular flexibility index (Phi) is 6.09. The number of rotatable bonds is 6. The van der Waals surface area contributed by atoms with Crippen molar-refractivity contribution in [2.75, 3.05) is 18.7 Å². The fourth-order valence-electron chi connectivity index (χ4n) is 0.916. The topological polar surface area (TPSA) is 61.2 Å². The molecule has 82 valence electrons. The molecule has 0 fully saturated rings. The van der Waals surface area contributed by atoms with Gasteiger partial charge in [-0.2, -0.15) is 5.26 Å². The van der Waals surface area contributed by atoms with E-state index in [-0.39, 0.29) is 18.2 Å². The van der Waals surface area contributed by atoms with Crippen molar-refractivity contribution in [1.29, 1.82) is 5.26 Å². The summed E-state index contributed by atoms with van der Waals surface area (Å²) in [5, 5.41) is 8.43. The van der Waals surface area contributed by atoms with Gasteiger partial charge in [-0.1, -0.05) is 0 Å². The SMILES string of the molecule is CC(CC#N)N(C)S(=O)(=O)CCCCl. The van der Waals surface area contributed by atoms with Gasteiger partial charge in [-0.15, -0.1) is 11.6 Å². The molecule has 4 nitrogen and oxygen atoms in total. The summed E-state index contributed by atoms with van der Waals surface area (Å²) in [5.74, 6) is 0.377. The second kappa shape index (κ2) is 6.23. The molecule has 0 rings (SSSR count). The lowest BCUT2D eigenvalue weighted by molar-refractivity contribution is 0.393. The highest BCUT2D eigenvalue weighted by molar-refractivity contribution is 7.89. The maximum atomic E-state index is 11.6. The highest BCUT2D eigenvalue weighted by Gasteiger charge is 2.22. The van der Waals surface area contributed by atoms with Gasteiger partial charge in [0.2, 0.25) is 10.0 Å². The molecule has 0 amide bonds. The molecule has 0 N–H and O–H groups in total. The highest BCUT2D eigenvalue weighted by atomic mass is 35.5. The zero-order valence-electron chi connectivity index (χ0n) is 8.40. The summed E-state index contributed by atoms with van der Waals surface area (Å²) in [6.45, 7) is 1.71. The van der Waals surface area contributed by atoms with E-state index in [1.54, 1.807) is 6.92 Å². The van der Waals surface area contributed by atoms with Crippen molar-refractivity contribution in [3.63, 3.8) is 0 Å². The van der Waals surface area contributed by atoms with Crippen molar-refractivity contribution in [2.24, 2.45) is 0 Å². The van der Waals surface area contributed by atoms with Crippen LogP contribution in [0.3, 0.4) is 0 Å². The molecule has 1 atom stereocenters. The quantitative estimate of drug-likeness (QED) is 0.653. The summed E-state index contributed by atoms with van der Waals surface area (Å²) in [6.07, 6.45) is 0.643. The minimum Gasteiger partial charge on any atom is -0.212 e. The van der Waals surface area contributed by atoms with Gasteiger partial charge in [0.05, 0.1) is 18.2 Å². The van der Waals surface area contributed by atoms with E-state index < -0.39 is 10.0 Å². The number of nitriles is 1. The monoisotopic (exact) mass is 238 g/mol. The summed E-state index contributed by atoms with van der Waals surface area (Å²) in [5.41, 5.74) is 0. The predicted octanol–water partition coefficient (Wildman–Crippen LogP) is 1.18. The van der Waals surface area contributed by atoms with Crippen LogP contribution in [0.5, 0.6) is 0 Å². The van der Waals surface area contributed by atoms with Crippen LogP contribution in [0.2, 0.25) is 0 Å². The maximum absolute atomic E-state index is 11.6. The van der Waals surface area contributed by atoms with Gasteiger partial charge in [-0.05, 0) is 13.3 Å². The average Bonchev–Trinajstić information content (AvgIpc) is 2.14. The molecule has 0 bridgehead atoms. The molecule has 0 aliphatic rings. The van der Waals surface area contributed by atoms with Crippen molar-refractivity contribution in [1.82, 2.24) is 4.31 Å². The molecule has 6 heteroatoms. The van der Waals surface area contributed by atoms with E-state index in [0.717, 1.165) is 0 Å². The van der Waals surface area contributed by atoms with Crippen LogP contribution in [0, 0.1) is 11.3 Å².